The summed E-state index contributed by atoms with van der Waals surface area (Å²) >= 11 is 0. The number of piperidine rings is 1. The summed E-state index contributed by atoms with van der Waals surface area (Å²) in [4.78, 5) is 21.7. The first-order valence-corrected chi connectivity index (χ1v) is 5.86. The zero-order valence-corrected chi connectivity index (χ0v) is 10.2. The first-order chi connectivity index (χ1) is 8.06. The van der Waals surface area contributed by atoms with Crippen LogP contribution in [-0.4, -0.2) is 34.1 Å². The van der Waals surface area contributed by atoms with Gasteiger partial charge in [0.25, 0.3) is 0 Å². The second-order valence-electron chi connectivity index (χ2n) is 4.57. The van der Waals surface area contributed by atoms with Crippen molar-refractivity contribution < 1.29 is 9.90 Å². The Morgan fingerprint density at radius 2 is 2.06 bits per heavy atom. The van der Waals surface area contributed by atoms with Crippen LogP contribution < -0.4 is 4.90 Å². The summed E-state index contributed by atoms with van der Waals surface area (Å²) in [5.74, 6) is -0.360. The van der Waals surface area contributed by atoms with Crippen LogP contribution in [0.25, 0.3) is 0 Å². The molecule has 0 amide bonds. The number of rotatable bonds is 2. The minimum atomic E-state index is -0.723. The van der Waals surface area contributed by atoms with Crippen LogP contribution in [0.1, 0.15) is 24.2 Å². The summed E-state index contributed by atoms with van der Waals surface area (Å²) < 4.78 is 0. The first kappa shape index (κ1) is 11.8. The van der Waals surface area contributed by atoms with E-state index in [1.165, 1.54) is 0 Å². The van der Waals surface area contributed by atoms with Crippen molar-refractivity contribution in [3.63, 3.8) is 0 Å². The number of aryl methyl sites for hydroxylation is 2. The molecule has 0 radical (unpaired) electrons. The quantitative estimate of drug-likeness (QED) is 0.839. The maximum Gasteiger partial charge on any atom is 0.308 e. The lowest BCUT2D eigenvalue weighted by molar-refractivity contribution is -0.141. The summed E-state index contributed by atoms with van der Waals surface area (Å²) in [5, 5.41) is 9.04. The highest BCUT2D eigenvalue weighted by atomic mass is 16.4. The number of aromatic nitrogens is 2. The molecule has 1 aliphatic rings. The molecule has 0 aliphatic carbocycles. The van der Waals surface area contributed by atoms with Crippen LogP contribution in [0.2, 0.25) is 0 Å². The predicted octanol–water partition coefficient (Wildman–Crippen LogP) is 1.39. The highest BCUT2D eigenvalue weighted by Crippen LogP contribution is 2.20. The molecule has 0 bridgehead atoms. The number of aliphatic carboxylic acids is 1. The molecule has 0 saturated carbocycles. The van der Waals surface area contributed by atoms with Crippen LogP contribution in [0.15, 0.2) is 6.07 Å². The minimum Gasteiger partial charge on any atom is -0.481 e. The van der Waals surface area contributed by atoms with E-state index in [1.807, 2.05) is 24.8 Å². The van der Waals surface area contributed by atoms with Crippen LogP contribution in [0.4, 0.5) is 5.95 Å². The lowest BCUT2D eigenvalue weighted by Crippen LogP contribution is -2.39. The molecule has 1 saturated heterocycles. The van der Waals surface area contributed by atoms with Gasteiger partial charge in [0.15, 0.2) is 0 Å². The Morgan fingerprint density at radius 1 is 1.41 bits per heavy atom. The lowest BCUT2D eigenvalue weighted by Gasteiger charge is -2.30. The fourth-order valence-corrected chi connectivity index (χ4v) is 2.21. The lowest BCUT2D eigenvalue weighted by atomic mass is 9.99. The summed E-state index contributed by atoms with van der Waals surface area (Å²) in [6.07, 6.45) is 1.63. The van der Waals surface area contributed by atoms with Gasteiger partial charge in [-0.2, -0.15) is 0 Å². The molecule has 1 aliphatic heterocycles. The molecule has 5 heteroatoms. The monoisotopic (exact) mass is 235 g/mol. The second-order valence-corrected chi connectivity index (χ2v) is 4.57. The van der Waals surface area contributed by atoms with Gasteiger partial charge in [0.1, 0.15) is 0 Å². The van der Waals surface area contributed by atoms with Gasteiger partial charge in [-0.15, -0.1) is 0 Å². The van der Waals surface area contributed by atoms with Gasteiger partial charge in [-0.3, -0.25) is 4.79 Å². The van der Waals surface area contributed by atoms with Crippen LogP contribution in [0, 0.1) is 19.8 Å². The summed E-state index contributed by atoms with van der Waals surface area (Å²) in [6, 6.07) is 1.92. The molecule has 1 atom stereocenters. The first-order valence-electron chi connectivity index (χ1n) is 5.86. The van der Waals surface area contributed by atoms with E-state index in [9.17, 15) is 4.79 Å². The zero-order chi connectivity index (χ0) is 12.4. The summed E-state index contributed by atoms with van der Waals surface area (Å²) in [7, 11) is 0. The van der Waals surface area contributed by atoms with E-state index < -0.39 is 5.97 Å². The van der Waals surface area contributed by atoms with Crippen molar-refractivity contribution in [3.05, 3.63) is 17.5 Å². The molecule has 2 rings (SSSR count). The van der Waals surface area contributed by atoms with Crippen LogP contribution >= 0.6 is 0 Å². The second kappa shape index (κ2) is 4.69. The molecule has 0 unspecified atom stereocenters. The molecule has 1 aromatic rings. The maximum atomic E-state index is 11.0. The van der Waals surface area contributed by atoms with E-state index in [4.69, 9.17) is 5.11 Å². The predicted molar refractivity (Wildman–Crippen MR) is 64.1 cm³/mol. The Balaban J connectivity index is 2.18. The fraction of sp³-hybridized carbons (Fsp3) is 0.583. The Morgan fingerprint density at radius 3 is 2.65 bits per heavy atom. The van der Waals surface area contributed by atoms with Gasteiger partial charge < -0.3 is 10.0 Å². The fourth-order valence-electron chi connectivity index (χ4n) is 2.21. The van der Waals surface area contributed by atoms with Gasteiger partial charge in [-0.1, -0.05) is 0 Å². The molecule has 1 aromatic heterocycles. The number of carboxylic acid groups (broad SMARTS) is 1. The highest BCUT2D eigenvalue weighted by Gasteiger charge is 2.26. The van der Waals surface area contributed by atoms with E-state index >= 15 is 0 Å². The Hall–Kier alpha value is -1.65. The topological polar surface area (TPSA) is 66.3 Å². The normalized spacial score (nSPS) is 20.4. The van der Waals surface area contributed by atoms with E-state index in [2.05, 4.69) is 9.97 Å². The third-order valence-corrected chi connectivity index (χ3v) is 3.02. The molecule has 17 heavy (non-hydrogen) atoms. The van der Waals surface area contributed by atoms with Crippen LogP contribution in [0.3, 0.4) is 0 Å². The number of anilines is 1. The van der Waals surface area contributed by atoms with Gasteiger partial charge in [0, 0.05) is 24.5 Å². The van der Waals surface area contributed by atoms with Crippen molar-refractivity contribution in [3.8, 4) is 0 Å². The van der Waals surface area contributed by atoms with Crippen molar-refractivity contribution in [1.29, 1.82) is 0 Å². The van der Waals surface area contributed by atoms with Gasteiger partial charge >= 0.3 is 5.97 Å². The van der Waals surface area contributed by atoms with Crippen LogP contribution in [0.5, 0.6) is 0 Å². The highest BCUT2D eigenvalue weighted by molar-refractivity contribution is 5.71. The molecule has 5 nitrogen and oxygen atoms in total. The Kier molecular flexibility index (Phi) is 3.26. The molecule has 0 spiro atoms. The standard InChI is InChI=1S/C12H17N3O2/c1-8-6-9(2)14-12(13-8)15-5-3-4-10(7-15)11(16)17/h6,10H,3-5,7H2,1-2H3,(H,16,17)/t10-/m1/s1. The molecule has 2 heterocycles. The van der Waals surface area contributed by atoms with Crippen molar-refractivity contribution in [2.45, 2.75) is 26.7 Å². The van der Waals surface area contributed by atoms with Crippen molar-refractivity contribution in [2.75, 3.05) is 18.0 Å². The van der Waals surface area contributed by atoms with Gasteiger partial charge in [0.2, 0.25) is 5.95 Å². The molecular weight excluding hydrogens is 218 g/mol. The molecule has 1 N–H and O–H groups in total. The maximum absolute atomic E-state index is 11.0. The average Bonchev–Trinajstić information content (AvgIpc) is 2.28. The Bertz CT molecular complexity index is 414. The van der Waals surface area contributed by atoms with Crippen molar-refractivity contribution in [1.82, 2.24) is 9.97 Å². The van der Waals surface area contributed by atoms with Crippen molar-refractivity contribution >= 4 is 11.9 Å². The van der Waals surface area contributed by atoms with Gasteiger partial charge in [-0.05, 0) is 32.8 Å². The molecule has 92 valence electrons. The molecular formula is C12H17N3O2. The minimum absolute atomic E-state index is 0.298. The third kappa shape index (κ3) is 2.72. The largest absolute Gasteiger partial charge is 0.481 e. The summed E-state index contributed by atoms with van der Waals surface area (Å²) in [5.41, 5.74) is 1.84. The van der Waals surface area contributed by atoms with Crippen molar-refractivity contribution in [2.24, 2.45) is 5.92 Å². The van der Waals surface area contributed by atoms with E-state index in [0.717, 1.165) is 30.8 Å². The number of nitrogens with zero attached hydrogens (tertiary/aromatic N) is 3. The number of hydrogen-bond acceptors (Lipinski definition) is 4. The molecule has 1 fully saturated rings. The Labute approximate surface area is 100 Å². The average molecular weight is 235 g/mol. The van der Waals surface area contributed by atoms with Gasteiger partial charge in [0.05, 0.1) is 5.92 Å². The third-order valence-electron chi connectivity index (χ3n) is 3.02. The number of hydrogen-bond donors (Lipinski definition) is 1. The van der Waals surface area contributed by atoms with Crippen LogP contribution in [-0.2, 0) is 4.79 Å². The number of carboxylic acids is 1. The SMILES string of the molecule is Cc1cc(C)nc(N2CCC[C@@H](C(=O)O)C2)n1. The van der Waals surface area contributed by atoms with E-state index in [1.54, 1.807) is 0 Å². The molecule has 0 aromatic carbocycles. The van der Waals surface area contributed by atoms with E-state index in [-0.39, 0.29) is 5.92 Å². The summed E-state index contributed by atoms with van der Waals surface area (Å²) in [6.45, 7) is 5.21. The van der Waals surface area contributed by atoms with Gasteiger partial charge in [-0.25, -0.2) is 9.97 Å². The van der Waals surface area contributed by atoms with E-state index in [0.29, 0.717) is 12.5 Å². The smallest absolute Gasteiger partial charge is 0.308 e. The zero-order valence-electron chi connectivity index (χ0n) is 10.2. The number of carbonyl (C=O) groups is 1.